The number of likely N-dealkylation sites (tertiary alicyclic amines) is 1. The van der Waals surface area contributed by atoms with Crippen molar-refractivity contribution < 1.29 is 9.59 Å². The first-order valence-corrected chi connectivity index (χ1v) is 9.50. The van der Waals surface area contributed by atoms with Crippen molar-refractivity contribution in [3.05, 3.63) is 71.2 Å². The molecule has 0 saturated carbocycles. The average Bonchev–Trinajstić information content (AvgIpc) is 3.21. The molecule has 1 fully saturated rings. The van der Waals surface area contributed by atoms with E-state index in [0.29, 0.717) is 24.5 Å². The van der Waals surface area contributed by atoms with Crippen molar-refractivity contribution in [2.45, 2.75) is 32.7 Å². The first-order valence-electron chi connectivity index (χ1n) is 9.50. The van der Waals surface area contributed by atoms with E-state index in [2.05, 4.69) is 34.6 Å². The molecule has 0 bridgehead atoms. The Balaban J connectivity index is 1.66. The number of amides is 2. The predicted molar refractivity (Wildman–Crippen MR) is 107 cm³/mol. The van der Waals surface area contributed by atoms with Crippen molar-refractivity contribution in [2.75, 3.05) is 13.1 Å². The van der Waals surface area contributed by atoms with Crippen LogP contribution in [0, 0.1) is 13.8 Å². The lowest BCUT2D eigenvalue weighted by Gasteiger charge is -2.19. The summed E-state index contributed by atoms with van der Waals surface area (Å²) < 4.78 is 1.84. The summed E-state index contributed by atoms with van der Waals surface area (Å²) in [6.07, 6.45) is 1.86. The molecule has 28 heavy (non-hydrogen) atoms. The molecule has 0 spiro atoms. The number of hydrogen-bond acceptors (Lipinski definition) is 3. The molecule has 0 unspecified atom stereocenters. The normalized spacial score (nSPS) is 19.2. The summed E-state index contributed by atoms with van der Waals surface area (Å²) in [6, 6.07) is 13.9. The fourth-order valence-corrected chi connectivity index (χ4v) is 4.05. The second-order valence-corrected chi connectivity index (χ2v) is 7.51. The van der Waals surface area contributed by atoms with Crippen molar-refractivity contribution >= 4 is 17.5 Å². The largest absolute Gasteiger partial charge is 0.351 e. The Hall–Kier alpha value is -3.15. The summed E-state index contributed by atoms with van der Waals surface area (Å²) in [4.78, 5) is 31.4. The molecule has 6 nitrogen and oxygen atoms in total. The molecule has 2 atom stereocenters. The average molecular weight is 376 g/mol. The van der Waals surface area contributed by atoms with E-state index in [1.807, 2.05) is 47.5 Å². The van der Waals surface area contributed by atoms with Crippen LogP contribution in [0.4, 0.5) is 0 Å². The molecule has 0 aliphatic carbocycles. The van der Waals surface area contributed by atoms with Gasteiger partial charge in [0.25, 0.3) is 5.91 Å². The number of fused-ring (bicyclic) bond motifs is 1. The minimum atomic E-state index is -0.108. The molecule has 6 heteroatoms. The van der Waals surface area contributed by atoms with Crippen LogP contribution in [-0.2, 0) is 4.79 Å². The zero-order valence-corrected chi connectivity index (χ0v) is 16.3. The molecule has 3 aromatic rings. The minimum absolute atomic E-state index is 0.0545. The Morgan fingerprint density at radius 1 is 1.07 bits per heavy atom. The van der Waals surface area contributed by atoms with Crippen LogP contribution in [0.2, 0.25) is 0 Å². The SMILES string of the molecule is CC(=O)N[C@@H]1CN(C(=O)c2c(C)nc3ccccn23)C[C@H]1c1ccc(C)cc1. The van der Waals surface area contributed by atoms with Gasteiger partial charge in [0, 0.05) is 32.1 Å². The summed E-state index contributed by atoms with van der Waals surface area (Å²) in [5, 5.41) is 3.03. The Morgan fingerprint density at radius 3 is 2.54 bits per heavy atom. The number of carbonyl (C=O) groups is 2. The third-order valence-electron chi connectivity index (χ3n) is 5.41. The number of rotatable bonds is 3. The monoisotopic (exact) mass is 376 g/mol. The second-order valence-electron chi connectivity index (χ2n) is 7.51. The van der Waals surface area contributed by atoms with Crippen LogP contribution in [0.5, 0.6) is 0 Å². The van der Waals surface area contributed by atoms with Gasteiger partial charge < -0.3 is 10.2 Å². The summed E-state index contributed by atoms with van der Waals surface area (Å²) >= 11 is 0. The van der Waals surface area contributed by atoms with E-state index in [9.17, 15) is 9.59 Å². The van der Waals surface area contributed by atoms with Crippen LogP contribution in [0.3, 0.4) is 0 Å². The smallest absolute Gasteiger partial charge is 0.272 e. The Bertz CT molecular complexity index is 1040. The number of carbonyl (C=O) groups excluding carboxylic acids is 2. The molecule has 2 amide bonds. The molecule has 1 aliphatic rings. The van der Waals surface area contributed by atoms with Gasteiger partial charge in [-0.3, -0.25) is 14.0 Å². The number of aryl methyl sites for hydroxylation is 2. The second kappa shape index (κ2) is 7.11. The van der Waals surface area contributed by atoms with Crippen molar-refractivity contribution in [2.24, 2.45) is 0 Å². The summed E-state index contributed by atoms with van der Waals surface area (Å²) in [5.41, 5.74) is 4.38. The zero-order chi connectivity index (χ0) is 19.8. The molecule has 2 aromatic heterocycles. The van der Waals surface area contributed by atoms with Crippen molar-refractivity contribution in [1.82, 2.24) is 19.6 Å². The molecule has 0 radical (unpaired) electrons. The maximum absolute atomic E-state index is 13.4. The maximum Gasteiger partial charge on any atom is 0.272 e. The molecule has 4 rings (SSSR count). The molecule has 144 valence electrons. The van der Waals surface area contributed by atoms with Crippen LogP contribution < -0.4 is 5.32 Å². The highest BCUT2D eigenvalue weighted by molar-refractivity contribution is 5.95. The predicted octanol–water partition coefficient (Wildman–Crippen LogP) is 2.70. The number of nitrogens with zero attached hydrogens (tertiary/aromatic N) is 3. The number of imidazole rings is 1. The van der Waals surface area contributed by atoms with Gasteiger partial charge in [-0.2, -0.15) is 0 Å². The van der Waals surface area contributed by atoms with E-state index >= 15 is 0 Å². The van der Waals surface area contributed by atoms with E-state index in [-0.39, 0.29) is 23.8 Å². The lowest BCUT2D eigenvalue weighted by Crippen LogP contribution is -2.39. The van der Waals surface area contributed by atoms with Gasteiger partial charge in [0.1, 0.15) is 11.3 Å². The zero-order valence-electron chi connectivity index (χ0n) is 16.3. The molecule has 1 N–H and O–H groups in total. The maximum atomic E-state index is 13.4. The van der Waals surface area contributed by atoms with Crippen LogP contribution >= 0.6 is 0 Å². The third kappa shape index (κ3) is 3.26. The number of hydrogen-bond donors (Lipinski definition) is 1. The highest BCUT2D eigenvalue weighted by atomic mass is 16.2. The standard InChI is InChI=1S/C22H24N4O2/c1-14-7-9-17(10-8-14)18-12-25(13-19(18)24-16(3)27)22(28)21-15(2)23-20-6-4-5-11-26(20)21/h4-11,18-19H,12-13H2,1-3H3,(H,24,27)/t18-,19+/m0/s1. The van der Waals surface area contributed by atoms with Gasteiger partial charge in [-0.25, -0.2) is 4.98 Å². The van der Waals surface area contributed by atoms with E-state index < -0.39 is 0 Å². The topological polar surface area (TPSA) is 66.7 Å². The first kappa shape index (κ1) is 18.2. The van der Waals surface area contributed by atoms with E-state index in [1.54, 1.807) is 0 Å². The quantitative estimate of drug-likeness (QED) is 0.764. The van der Waals surface area contributed by atoms with Gasteiger partial charge in [-0.1, -0.05) is 35.9 Å². The molecule has 3 heterocycles. The Kier molecular flexibility index (Phi) is 4.63. The van der Waals surface area contributed by atoms with Crippen LogP contribution in [0.1, 0.15) is 40.2 Å². The Morgan fingerprint density at radius 2 is 1.82 bits per heavy atom. The third-order valence-corrected chi connectivity index (χ3v) is 5.41. The van der Waals surface area contributed by atoms with Gasteiger partial charge in [0.15, 0.2) is 0 Å². The van der Waals surface area contributed by atoms with Gasteiger partial charge in [-0.05, 0) is 31.5 Å². The van der Waals surface area contributed by atoms with Crippen LogP contribution in [0.15, 0.2) is 48.7 Å². The number of pyridine rings is 1. The lowest BCUT2D eigenvalue weighted by molar-refractivity contribution is -0.119. The van der Waals surface area contributed by atoms with Crippen molar-refractivity contribution in [3.8, 4) is 0 Å². The van der Waals surface area contributed by atoms with Gasteiger partial charge in [-0.15, -0.1) is 0 Å². The van der Waals surface area contributed by atoms with Crippen LogP contribution in [-0.4, -0.2) is 45.2 Å². The number of aromatic nitrogens is 2. The Labute approximate surface area is 164 Å². The number of nitrogens with one attached hydrogen (secondary N) is 1. The van der Waals surface area contributed by atoms with Crippen molar-refractivity contribution in [1.29, 1.82) is 0 Å². The van der Waals surface area contributed by atoms with Crippen molar-refractivity contribution in [3.63, 3.8) is 0 Å². The summed E-state index contributed by atoms with van der Waals surface area (Å²) in [5.74, 6) is -0.0727. The van der Waals surface area contributed by atoms with E-state index in [0.717, 1.165) is 11.2 Å². The summed E-state index contributed by atoms with van der Waals surface area (Å²) in [6.45, 7) is 6.47. The molecule has 1 aromatic carbocycles. The first-order chi connectivity index (χ1) is 13.4. The highest BCUT2D eigenvalue weighted by Gasteiger charge is 2.38. The molecule has 1 aliphatic heterocycles. The van der Waals surface area contributed by atoms with E-state index in [4.69, 9.17) is 0 Å². The highest BCUT2D eigenvalue weighted by Crippen LogP contribution is 2.29. The molecular weight excluding hydrogens is 352 g/mol. The number of benzene rings is 1. The minimum Gasteiger partial charge on any atom is -0.351 e. The lowest BCUT2D eigenvalue weighted by atomic mass is 9.93. The van der Waals surface area contributed by atoms with E-state index in [1.165, 1.54) is 12.5 Å². The molecular formula is C22H24N4O2. The fraction of sp³-hybridized carbons (Fsp3) is 0.318. The fourth-order valence-electron chi connectivity index (χ4n) is 4.05. The summed E-state index contributed by atoms with van der Waals surface area (Å²) in [7, 11) is 0. The van der Waals surface area contributed by atoms with Gasteiger partial charge in [0.05, 0.1) is 11.7 Å². The van der Waals surface area contributed by atoms with Crippen LogP contribution in [0.25, 0.3) is 5.65 Å². The van der Waals surface area contributed by atoms with Gasteiger partial charge >= 0.3 is 0 Å². The molecule has 1 saturated heterocycles. The van der Waals surface area contributed by atoms with Gasteiger partial charge in [0.2, 0.25) is 5.91 Å².